The van der Waals surface area contributed by atoms with Gasteiger partial charge in [-0.05, 0) is 30.7 Å². The van der Waals surface area contributed by atoms with E-state index in [0.29, 0.717) is 5.56 Å². The van der Waals surface area contributed by atoms with Crippen molar-refractivity contribution in [3.63, 3.8) is 0 Å². The van der Waals surface area contributed by atoms with E-state index in [2.05, 4.69) is 10.4 Å². The van der Waals surface area contributed by atoms with Crippen LogP contribution in [-0.4, -0.2) is 29.4 Å². The highest BCUT2D eigenvalue weighted by molar-refractivity contribution is 5.92. The lowest BCUT2D eigenvalue weighted by molar-refractivity contribution is 0.0931. The minimum atomic E-state index is -0.986. The van der Waals surface area contributed by atoms with Crippen LogP contribution in [0.2, 0.25) is 0 Å². The third kappa shape index (κ3) is 4.23. The molecule has 1 amide bonds. The van der Waals surface area contributed by atoms with Crippen molar-refractivity contribution in [2.45, 2.75) is 19.5 Å². The lowest BCUT2D eigenvalue weighted by Gasteiger charge is -2.14. The second-order valence-electron chi connectivity index (χ2n) is 5.14. The summed E-state index contributed by atoms with van der Waals surface area (Å²) in [4.78, 5) is 23.9. The highest BCUT2D eigenvalue weighted by Crippen LogP contribution is 2.16. The number of hydrogen-bond donors (Lipinski definition) is 1. The molecule has 2 aromatic rings. The van der Waals surface area contributed by atoms with E-state index in [-0.39, 0.29) is 24.4 Å². The Morgan fingerprint density at radius 2 is 2.04 bits per heavy atom. The number of methoxy groups -OCH3 is 1. The fraction of sp³-hybridized carbons (Fsp3) is 0.312. The number of aromatic nitrogens is 2. The van der Waals surface area contributed by atoms with Gasteiger partial charge in [0.05, 0.1) is 19.2 Å². The number of carbonyl (C=O) groups is 1. The Labute approximate surface area is 137 Å². The van der Waals surface area contributed by atoms with E-state index in [0.717, 1.165) is 16.8 Å². The van der Waals surface area contributed by atoms with Crippen LogP contribution in [0, 0.1) is 11.6 Å². The van der Waals surface area contributed by atoms with Crippen LogP contribution in [-0.2, 0) is 11.3 Å². The van der Waals surface area contributed by atoms with Gasteiger partial charge in [0.1, 0.15) is 5.69 Å². The van der Waals surface area contributed by atoms with Crippen LogP contribution < -0.4 is 10.9 Å². The molecule has 8 heteroatoms. The van der Waals surface area contributed by atoms with Crippen LogP contribution in [0.25, 0.3) is 0 Å². The molecule has 0 radical (unpaired) electrons. The molecule has 1 aromatic carbocycles. The summed E-state index contributed by atoms with van der Waals surface area (Å²) >= 11 is 0. The highest BCUT2D eigenvalue weighted by atomic mass is 19.2. The quantitative estimate of drug-likeness (QED) is 0.870. The fourth-order valence-corrected chi connectivity index (χ4v) is 2.04. The Hall–Kier alpha value is -2.61. The molecule has 0 fully saturated rings. The lowest BCUT2D eigenvalue weighted by atomic mass is 10.1. The lowest BCUT2D eigenvalue weighted by Crippen LogP contribution is -2.31. The first-order valence-corrected chi connectivity index (χ1v) is 7.25. The molecular formula is C16H17F2N3O3. The highest BCUT2D eigenvalue weighted by Gasteiger charge is 2.15. The second kappa shape index (κ2) is 7.78. The molecule has 0 aliphatic rings. The summed E-state index contributed by atoms with van der Waals surface area (Å²) in [5.74, 6) is -2.47. The summed E-state index contributed by atoms with van der Waals surface area (Å²) in [6.07, 6.45) is 0. The number of rotatable bonds is 6. The zero-order valence-electron chi connectivity index (χ0n) is 13.3. The van der Waals surface area contributed by atoms with Gasteiger partial charge >= 0.3 is 0 Å². The van der Waals surface area contributed by atoms with Crippen molar-refractivity contribution in [1.29, 1.82) is 0 Å². The molecule has 1 N–H and O–H groups in total. The molecule has 0 saturated heterocycles. The number of nitrogens with zero attached hydrogens (tertiary/aromatic N) is 2. The van der Waals surface area contributed by atoms with Gasteiger partial charge in [-0.25, -0.2) is 13.5 Å². The van der Waals surface area contributed by atoms with Crippen molar-refractivity contribution in [3.05, 3.63) is 63.6 Å². The molecule has 24 heavy (non-hydrogen) atoms. The Morgan fingerprint density at radius 1 is 1.29 bits per heavy atom. The first-order valence-electron chi connectivity index (χ1n) is 7.25. The minimum absolute atomic E-state index is 0.0418. The molecule has 1 aromatic heterocycles. The Kier molecular flexibility index (Phi) is 5.75. The number of halogens is 2. The van der Waals surface area contributed by atoms with Gasteiger partial charge in [0, 0.05) is 13.2 Å². The van der Waals surface area contributed by atoms with Gasteiger partial charge < -0.3 is 10.1 Å². The first-order chi connectivity index (χ1) is 11.4. The third-order valence-corrected chi connectivity index (χ3v) is 3.40. The van der Waals surface area contributed by atoms with Gasteiger partial charge in [-0.2, -0.15) is 5.10 Å². The summed E-state index contributed by atoms with van der Waals surface area (Å²) < 4.78 is 32.2. The topological polar surface area (TPSA) is 73.2 Å². The number of benzene rings is 1. The molecule has 128 valence electrons. The molecule has 1 atom stereocenters. The van der Waals surface area contributed by atoms with E-state index in [4.69, 9.17) is 4.74 Å². The molecule has 0 saturated carbocycles. The number of hydrogen-bond acceptors (Lipinski definition) is 4. The standard InChI is InChI=1S/C16H17F2N3O3/c1-10(11-3-4-12(17)13(18)9-11)19-16(23)14-5-6-15(22)21(20-14)7-8-24-2/h3-6,9-10H,7-8H2,1-2H3,(H,19,23). The van der Waals surface area contributed by atoms with Gasteiger partial charge in [-0.15, -0.1) is 0 Å². The van der Waals surface area contributed by atoms with Crippen LogP contribution in [0.1, 0.15) is 29.0 Å². The molecule has 1 unspecified atom stereocenters. The first kappa shape index (κ1) is 17.7. The van der Waals surface area contributed by atoms with Crippen molar-refractivity contribution in [3.8, 4) is 0 Å². The maximum Gasteiger partial charge on any atom is 0.272 e. The number of nitrogens with one attached hydrogen (secondary N) is 1. The molecule has 1 heterocycles. The average molecular weight is 337 g/mol. The minimum Gasteiger partial charge on any atom is -0.383 e. The predicted octanol–water partition coefficient (Wildman–Crippen LogP) is 1.66. The van der Waals surface area contributed by atoms with Gasteiger partial charge in [0.2, 0.25) is 0 Å². The van der Waals surface area contributed by atoms with Crippen LogP contribution in [0.3, 0.4) is 0 Å². The van der Waals surface area contributed by atoms with Crippen LogP contribution >= 0.6 is 0 Å². The summed E-state index contributed by atoms with van der Waals surface area (Å²) in [6, 6.07) is 5.38. The molecule has 0 spiro atoms. The summed E-state index contributed by atoms with van der Waals surface area (Å²) in [7, 11) is 1.49. The SMILES string of the molecule is COCCn1nc(C(=O)NC(C)c2ccc(F)c(F)c2)ccc1=O. The van der Waals surface area contributed by atoms with Crippen LogP contribution in [0.4, 0.5) is 8.78 Å². The second-order valence-corrected chi connectivity index (χ2v) is 5.14. The smallest absolute Gasteiger partial charge is 0.272 e. The molecule has 2 rings (SSSR count). The van der Waals surface area contributed by atoms with E-state index in [1.165, 1.54) is 25.3 Å². The normalized spacial score (nSPS) is 12.0. The summed E-state index contributed by atoms with van der Waals surface area (Å²) in [5.41, 5.74) is 0.104. The van der Waals surface area contributed by atoms with Crippen molar-refractivity contribution in [2.75, 3.05) is 13.7 Å². The number of amides is 1. The van der Waals surface area contributed by atoms with Crippen LogP contribution in [0.15, 0.2) is 35.1 Å². The maximum atomic E-state index is 13.3. The van der Waals surface area contributed by atoms with E-state index in [9.17, 15) is 18.4 Å². The summed E-state index contributed by atoms with van der Waals surface area (Å²) in [5, 5.41) is 6.59. The molecule has 6 nitrogen and oxygen atoms in total. The molecular weight excluding hydrogens is 320 g/mol. The Bertz CT molecular complexity index is 792. The Morgan fingerprint density at radius 3 is 2.71 bits per heavy atom. The van der Waals surface area contributed by atoms with Gasteiger partial charge in [0.25, 0.3) is 11.5 Å². The van der Waals surface area contributed by atoms with Crippen molar-refractivity contribution in [1.82, 2.24) is 15.1 Å². The fourth-order valence-electron chi connectivity index (χ4n) is 2.04. The van der Waals surface area contributed by atoms with E-state index >= 15 is 0 Å². The predicted molar refractivity (Wildman–Crippen MR) is 82.6 cm³/mol. The van der Waals surface area contributed by atoms with Gasteiger partial charge in [-0.3, -0.25) is 9.59 Å². The van der Waals surface area contributed by atoms with Crippen LogP contribution in [0.5, 0.6) is 0 Å². The number of carbonyl (C=O) groups excluding carboxylic acids is 1. The van der Waals surface area contributed by atoms with Gasteiger partial charge in [-0.1, -0.05) is 6.07 Å². The van der Waals surface area contributed by atoms with Crippen molar-refractivity contribution >= 4 is 5.91 Å². The van der Waals surface area contributed by atoms with Crippen molar-refractivity contribution in [2.24, 2.45) is 0 Å². The molecule has 0 bridgehead atoms. The average Bonchev–Trinajstić information content (AvgIpc) is 2.56. The largest absolute Gasteiger partial charge is 0.383 e. The Balaban J connectivity index is 2.13. The van der Waals surface area contributed by atoms with Gasteiger partial charge in [0.15, 0.2) is 11.6 Å². The maximum absolute atomic E-state index is 13.3. The number of ether oxygens (including phenoxy) is 1. The third-order valence-electron chi connectivity index (χ3n) is 3.40. The molecule has 0 aliphatic heterocycles. The van der Waals surface area contributed by atoms with E-state index < -0.39 is 23.6 Å². The monoisotopic (exact) mass is 337 g/mol. The van der Waals surface area contributed by atoms with E-state index in [1.807, 2.05) is 0 Å². The summed E-state index contributed by atoms with van der Waals surface area (Å²) in [6.45, 7) is 2.13. The zero-order valence-corrected chi connectivity index (χ0v) is 13.3. The molecule has 0 aliphatic carbocycles. The van der Waals surface area contributed by atoms with E-state index in [1.54, 1.807) is 6.92 Å². The van der Waals surface area contributed by atoms with Crippen molar-refractivity contribution < 1.29 is 18.3 Å². The zero-order chi connectivity index (χ0) is 17.7.